The first kappa shape index (κ1) is 12.4. The van der Waals surface area contributed by atoms with Crippen LogP contribution in [0.3, 0.4) is 0 Å². The normalized spacial score (nSPS) is 10.5. The van der Waals surface area contributed by atoms with E-state index in [1.54, 1.807) is 5.48 Å². The Labute approximate surface area is 80.5 Å². The van der Waals surface area contributed by atoms with Crippen LogP contribution in [0.2, 0.25) is 0 Å². The molecule has 3 heteroatoms. The molecule has 3 nitrogen and oxygen atoms in total. The lowest BCUT2D eigenvalue weighted by Gasteiger charge is -2.13. The number of amides is 1. The molecule has 0 bridgehead atoms. The number of hydrogen-bond donors (Lipinski definition) is 2. The first-order valence-electron chi connectivity index (χ1n) is 5.20. The third-order valence-corrected chi connectivity index (χ3v) is 2.29. The minimum atomic E-state index is -0.220. The molecule has 0 aliphatic rings. The van der Waals surface area contributed by atoms with E-state index in [-0.39, 0.29) is 11.8 Å². The number of hydrogen-bond acceptors (Lipinski definition) is 2. The Hall–Kier alpha value is -0.570. The molecule has 0 rings (SSSR count). The second kappa shape index (κ2) is 8.05. The van der Waals surface area contributed by atoms with Gasteiger partial charge in [-0.05, 0) is 12.8 Å². The van der Waals surface area contributed by atoms with Crippen molar-refractivity contribution in [2.24, 2.45) is 5.92 Å². The number of carbonyl (C=O) groups is 1. The molecule has 0 aromatic rings. The smallest absolute Gasteiger partial charge is 0.246 e. The lowest BCUT2D eigenvalue weighted by atomic mass is 9.95. The maximum atomic E-state index is 11.2. The minimum Gasteiger partial charge on any atom is -0.289 e. The van der Waals surface area contributed by atoms with E-state index in [1.165, 1.54) is 0 Å². The summed E-state index contributed by atoms with van der Waals surface area (Å²) in [6, 6.07) is 0. The highest BCUT2D eigenvalue weighted by Gasteiger charge is 2.15. The van der Waals surface area contributed by atoms with Gasteiger partial charge in [0.1, 0.15) is 0 Å². The Morgan fingerprint density at radius 2 is 1.69 bits per heavy atom. The van der Waals surface area contributed by atoms with Crippen LogP contribution in [0.15, 0.2) is 0 Å². The molecule has 2 N–H and O–H groups in total. The van der Waals surface area contributed by atoms with Gasteiger partial charge in [0.2, 0.25) is 5.91 Å². The fourth-order valence-corrected chi connectivity index (χ4v) is 1.40. The molecule has 0 saturated heterocycles. The zero-order valence-electron chi connectivity index (χ0n) is 8.68. The summed E-state index contributed by atoms with van der Waals surface area (Å²) >= 11 is 0. The Morgan fingerprint density at radius 1 is 1.23 bits per heavy atom. The molecule has 0 heterocycles. The van der Waals surface area contributed by atoms with Crippen LogP contribution >= 0.6 is 0 Å². The molecule has 78 valence electrons. The van der Waals surface area contributed by atoms with Crippen LogP contribution < -0.4 is 5.48 Å². The van der Waals surface area contributed by atoms with Crippen LogP contribution in [-0.2, 0) is 4.79 Å². The van der Waals surface area contributed by atoms with E-state index >= 15 is 0 Å². The summed E-state index contributed by atoms with van der Waals surface area (Å²) in [5.41, 5.74) is 1.74. The standard InChI is InChI=1S/C10H21NO2/c1-3-5-7-9(8-6-4-2)10(12)11-13/h9,13H,3-8H2,1-2H3,(H,11,12). The fraction of sp³-hybridized carbons (Fsp3) is 0.900. The molecular formula is C10H21NO2. The van der Waals surface area contributed by atoms with Gasteiger partial charge in [0.25, 0.3) is 0 Å². The first-order valence-corrected chi connectivity index (χ1v) is 5.20. The van der Waals surface area contributed by atoms with Crippen molar-refractivity contribution in [3.05, 3.63) is 0 Å². The number of unbranched alkanes of at least 4 members (excludes halogenated alkanes) is 2. The zero-order valence-corrected chi connectivity index (χ0v) is 8.68. The highest BCUT2D eigenvalue weighted by molar-refractivity contribution is 5.77. The lowest BCUT2D eigenvalue weighted by molar-refractivity contribution is -0.133. The zero-order chi connectivity index (χ0) is 10.1. The van der Waals surface area contributed by atoms with Gasteiger partial charge in [-0.25, -0.2) is 5.48 Å². The summed E-state index contributed by atoms with van der Waals surface area (Å²) in [5, 5.41) is 8.50. The van der Waals surface area contributed by atoms with E-state index in [2.05, 4.69) is 13.8 Å². The molecule has 13 heavy (non-hydrogen) atoms. The Morgan fingerprint density at radius 3 is 2.00 bits per heavy atom. The van der Waals surface area contributed by atoms with Crippen molar-refractivity contribution in [3.63, 3.8) is 0 Å². The predicted octanol–water partition coefficient (Wildman–Crippen LogP) is 2.49. The lowest BCUT2D eigenvalue weighted by Crippen LogP contribution is -2.27. The number of hydroxylamine groups is 1. The van der Waals surface area contributed by atoms with Gasteiger partial charge in [0.05, 0.1) is 0 Å². The highest BCUT2D eigenvalue weighted by Crippen LogP contribution is 2.15. The average molecular weight is 187 g/mol. The molecule has 0 spiro atoms. The summed E-state index contributed by atoms with van der Waals surface area (Å²) in [7, 11) is 0. The van der Waals surface area contributed by atoms with E-state index < -0.39 is 0 Å². The molecule has 0 fully saturated rings. The molecule has 0 saturated carbocycles. The van der Waals surface area contributed by atoms with Crippen molar-refractivity contribution in [2.75, 3.05) is 0 Å². The summed E-state index contributed by atoms with van der Waals surface area (Å²) in [6.07, 6.45) is 6.10. The van der Waals surface area contributed by atoms with Crippen molar-refractivity contribution >= 4 is 5.91 Å². The summed E-state index contributed by atoms with van der Waals surface area (Å²) in [5.74, 6) is -0.216. The topological polar surface area (TPSA) is 49.3 Å². The maximum Gasteiger partial charge on any atom is 0.246 e. The van der Waals surface area contributed by atoms with Crippen molar-refractivity contribution in [3.8, 4) is 0 Å². The van der Waals surface area contributed by atoms with E-state index in [0.29, 0.717) is 0 Å². The van der Waals surface area contributed by atoms with E-state index in [0.717, 1.165) is 38.5 Å². The summed E-state index contributed by atoms with van der Waals surface area (Å²) in [6.45, 7) is 4.21. The minimum absolute atomic E-state index is 0.00454. The number of nitrogens with one attached hydrogen (secondary N) is 1. The molecule has 0 unspecified atom stereocenters. The maximum absolute atomic E-state index is 11.2. The molecule has 1 amide bonds. The predicted molar refractivity (Wildman–Crippen MR) is 52.5 cm³/mol. The summed E-state index contributed by atoms with van der Waals surface area (Å²) < 4.78 is 0. The molecule has 0 aliphatic carbocycles. The molecular weight excluding hydrogens is 166 g/mol. The second-order valence-electron chi connectivity index (χ2n) is 3.46. The van der Waals surface area contributed by atoms with Gasteiger partial charge in [-0.15, -0.1) is 0 Å². The van der Waals surface area contributed by atoms with Gasteiger partial charge in [-0.1, -0.05) is 39.5 Å². The van der Waals surface area contributed by atoms with Crippen LogP contribution in [0, 0.1) is 5.92 Å². The quantitative estimate of drug-likeness (QED) is 0.475. The molecule has 0 aromatic carbocycles. The van der Waals surface area contributed by atoms with Crippen LogP contribution in [0.4, 0.5) is 0 Å². The van der Waals surface area contributed by atoms with Crippen molar-refractivity contribution in [2.45, 2.75) is 52.4 Å². The largest absolute Gasteiger partial charge is 0.289 e. The third-order valence-electron chi connectivity index (χ3n) is 2.29. The highest BCUT2D eigenvalue weighted by atomic mass is 16.5. The van der Waals surface area contributed by atoms with Crippen LogP contribution in [0.25, 0.3) is 0 Å². The van der Waals surface area contributed by atoms with Crippen LogP contribution in [-0.4, -0.2) is 11.1 Å². The van der Waals surface area contributed by atoms with E-state index in [9.17, 15) is 4.79 Å². The van der Waals surface area contributed by atoms with Gasteiger partial charge in [-0.2, -0.15) is 0 Å². The average Bonchev–Trinajstić information content (AvgIpc) is 2.17. The SMILES string of the molecule is CCCCC(CCCC)C(=O)NO. The third kappa shape index (κ3) is 5.64. The van der Waals surface area contributed by atoms with Gasteiger partial charge in [-0.3, -0.25) is 10.0 Å². The summed E-state index contributed by atoms with van der Waals surface area (Å²) in [4.78, 5) is 11.2. The van der Waals surface area contributed by atoms with Gasteiger partial charge < -0.3 is 0 Å². The monoisotopic (exact) mass is 187 g/mol. The van der Waals surface area contributed by atoms with Crippen LogP contribution in [0.1, 0.15) is 52.4 Å². The molecule has 0 atom stereocenters. The van der Waals surface area contributed by atoms with Crippen molar-refractivity contribution in [1.82, 2.24) is 5.48 Å². The first-order chi connectivity index (χ1) is 6.26. The van der Waals surface area contributed by atoms with E-state index in [1.807, 2.05) is 0 Å². The number of carbonyl (C=O) groups excluding carboxylic acids is 1. The Balaban J connectivity index is 3.79. The molecule has 0 aliphatic heterocycles. The number of rotatable bonds is 7. The second-order valence-corrected chi connectivity index (χ2v) is 3.46. The molecule has 0 aromatic heterocycles. The van der Waals surface area contributed by atoms with Crippen LogP contribution in [0.5, 0.6) is 0 Å². The Kier molecular flexibility index (Phi) is 7.69. The van der Waals surface area contributed by atoms with E-state index in [4.69, 9.17) is 5.21 Å². The fourth-order valence-electron chi connectivity index (χ4n) is 1.40. The van der Waals surface area contributed by atoms with Gasteiger partial charge in [0.15, 0.2) is 0 Å². The molecule has 0 radical (unpaired) electrons. The van der Waals surface area contributed by atoms with Crippen molar-refractivity contribution < 1.29 is 10.0 Å². The van der Waals surface area contributed by atoms with Gasteiger partial charge >= 0.3 is 0 Å². The van der Waals surface area contributed by atoms with Gasteiger partial charge in [0, 0.05) is 5.92 Å². The van der Waals surface area contributed by atoms with Crippen molar-refractivity contribution in [1.29, 1.82) is 0 Å². The Bertz CT molecular complexity index is 129.